The number of carbonyl (C=O) groups is 1. The lowest BCUT2D eigenvalue weighted by atomic mass is 9.99. The summed E-state index contributed by atoms with van der Waals surface area (Å²) in [5.41, 5.74) is 3.33. The lowest BCUT2D eigenvalue weighted by molar-refractivity contribution is -0.143. The highest BCUT2D eigenvalue weighted by Gasteiger charge is 2.36. The van der Waals surface area contributed by atoms with Crippen LogP contribution in [-0.2, 0) is 9.53 Å². The number of fused-ring (bicyclic) bond motifs is 3. The molecule has 3 rings (SSSR count). The van der Waals surface area contributed by atoms with Crippen LogP contribution < -0.4 is 0 Å². The van der Waals surface area contributed by atoms with Crippen LogP contribution in [0.4, 0.5) is 0 Å². The van der Waals surface area contributed by atoms with Gasteiger partial charge in [-0.3, -0.25) is 14.8 Å². The van der Waals surface area contributed by atoms with E-state index in [1.165, 1.54) is 0 Å². The van der Waals surface area contributed by atoms with Gasteiger partial charge in [0.05, 0.1) is 18.0 Å². The van der Waals surface area contributed by atoms with Crippen LogP contribution in [0.5, 0.6) is 0 Å². The largest absolute Gasteiger partial charge is 0.465 e. The maximum Gasteiger partial charge on any atom is 0.318 e. The van der Waals surface area contributed by atoms with Crippen molar-refractivity contribution in [1.29, 1.82) is 0 Å². The van der Waals surface area contributed by atoms with E-state index < -0.39 is 5.92 Å². The molecular weight excluding hydrogens is 228 g/mol. The van der Waals surface area contributed by atoms with E-state index in [4.69, 9.17) is 4.74 Å². The summed E-state index contributed by atoms with van der Waals surface area (Å²) in [4.78, 5) is 20.7. The molecule has 2 aromatic heterocycles. The first-order valence-electron chi connectivity index (χ1n) is 5.89. The molecule has 2 aromatic rings. The molecule has 0 aromatic carbocycles. The predicted molar refractivity (Wildman–Crippen MR) is 65.9 cm³/mol. The van der Waals surface area contributed by atoms with E-state index in [9.17, 15) is 4.79 Å². The van der Waals surface area contributed by atoms with E-state index in [-0.39, 0.29) is 5.97 Å². The highest BCUT2D eigenvalue weighted by atomic mass is 16.5. The van der Waals surface area contributed by atoms with Crippen molar-refractivity contribution in [3.63, 3.8) is 0 Å². The first kappa shape index (κ1) is 10.9. The number of hydrogen-bond acceptors (Lipinski definition) is 4. The summed E-state index contributed by atoms with van der Waals surface area (Å²) in [5, 5.41) is 0. The number of esters is 1. The minimum absolute atomic E-state index is 0.237. The van der Waals surface area contributed by atoms with Gasteiger partial charge in [-0.15, -0.1) is 0 Å². The van der Waals surface area contributed by atoms with Crippen molar-refractivity contribution in [3.05, 3.63) is 47.8 Å². The van der Waals surface area contributed by atoms with Crippen LogP contribution in [0.2, 0.25) is 0 Å². The molecule has 4 heteroatoms. The van der Waals surface area contributed by atoms with Gasteiger partial charge in [0, 0.05) is 12.4 Å². The Balaban J connectivity index is 2.18. The van der Waals surface area contributed by atoms with Crippen molar-refractivity contribution < 1.29 is 9.53 Å². The number of ether oxygens (including phenoxy) is 1. The molecule has 0 fully saturated rings. The van der Waals surface area contributed by atoms with Crippen LogP contribution in [0.15, 0.2) is 36.7 Å². The maximum absolute atomic E-state index is 12.1. The Labute approximate surface area is 105 Å². The van der Waals surface area contributed by atoms with Crippen molar-refractivity contribution >= 4 is 5.97 Å². The van der Waals surface area contributed by atoms with Crippen molar-refractivity contribution in [2.75, 3.05) is 6.61 Å². The third-order valence-electron chi connectivity index (χ3n) is 3.05. The highest BCUT2D eigenvalue weighted by molar-refractivity contribution is 5.91. The Hall–Kier alpha value is -2.23. The monoisotopic (exact) mass is 240 g/mol. The molecule has 90 valence electrons. The van der Waals surface area contributed by atoms with Crippen LogP contribution in [0.3, 0.4) is 0 Å². The van der Waals surface area contributed by atoms with Crippen molar-refractivity contribution in [1.82, 2.24) is 9.97 Å². The van der Waals surface area contributed by atoms with Crippen LogP contribution in [-0.4, -0.2) is 22.5 Å². The number of carbonyl (C=O) groups excluding carboxylic acids is 1. The SMILES string of the molecule is CCOC(=O)C1c2cccnc2-c2ncccc21. The summed E-state index contributed by atoms with van der Waals surface area (Å²) in [5.74, 6) is -0.629. The first-order valence-corrected chi connectivity index (χ1v) is 5.89. The second-order valence-electron chi connectivity index (χ2n) is 4.07. The fourth-order valence-electron chi connectivity index (χ4n) is 2.34. The van der Waals surface area contributed by atoms with E-state index in [1.54, 1.807) is 19.3 Å². The Morgan fingerprint density at radius 1 is 1.17 bits per heavy atom. The van der Waals surface area contributed by atoms with E-state index in [0.29, 0.717) is 6.61 Å². The van der Waals surface area contributed by atoms with Crippen LogP contribution in [0, 0.1) is 0 Å². The molecule has 1 aliphatic rings. The van der Waals surface area contributed by atoms with Gasteiger partial charge in [-0.2, -0.15) is 0 Å². The summed E-state index contributed by atoms with van der Waals surface area (Å²) in [6, 6.07) is 7.48. The van der Waals surface area contributed by atoms with E-state index >= 15 is 0 Å². The van der Waals surface area contributed by atoms with Gasteiger partial charge >= 0.3 is 5.97 Å². The molecule has 0 saturated heterocycles. The molecule has 0 N–H and O–H groups in total. The zero-order valence-electron chi connectivity index (χ0n) is 9.96. The summed E-state index contributed by atoms with van der Waals surface area (Å²) >= 11 is 0. The lowest BCUT2D eigenvalue weighted by Crippen LogP contribution is -2.15. The first-order chi connectivity index (χ1) is 8.83. The molecule has 18 heavy (non-hydrogen) atoms. The zero-order chi connectivity index (χ0) is 12.5. The number of nitrogens with zero attached hydrogens (tertiary/aromatic N) is 2. The molecule has 0 saturated carbocycles. The van der Waals surface area contributed by atoms with E-state index in [1.807, 2.05) is 24.3 Å². The standard InChI is InChI=1S/C14H12N2O2/c1-2-18-14(17)11-9-5-3-7-15-12(9)13-10(11)6-4-8-16-13/h3-8,11H,2H2,1H3. The molecule has 2 heterocycles. The van der Waals surface area contributed by atoms with Gasteiger partial charge in [0.1, 0.15) is 5.92 Å². The Bertz CT molecular complexity index is 565. The van der Waals surface area contributed by atoms with Crippen LogP contribution in [0.1, 0.15) is 24.0 Å². The molecule has 0 bridgehead atoms. The number of aromatic nitrogens is 2. The van der Waals surface area contributed by atoms with Gasteiger partial charge in [0.2, 0.25) is 0 Å². The maximum atomic E-state index is 12.1. The smallest absolute Gasteiger partial charge is 0.318 e. The second-order valence-corrected chi connectivity index (χ2v) is 4.07. The normalized spacial score (nSPS) is 12.9. The van der Waals surface area contributed by atoms with Gasteiger partial charge in [-0.25, -0.2) is 0 Å². The molecule has 4 nitrogen and oxygen atoms in total. The average molecular weight is 240 g/mol. The van der Waals surface area contributed by atoms with Crippen molar-refractivity contribution in [2.24, 2.45) is 0 Å². The van der Waals surface area contributed by atoms with Gasteiger partial charge in [0.15, 0.2) is 0 Å². The highest BCUT2D eigenvalue weighted by Crippen LogP contribution is 2.42. The molecule has 0 atom stereocenters. The van der Waals surface area contributed by atoms with Gasteiger partial charge in [-0.05, 0) is 30.2 Å². The van der Waals surface area contributed by atoms with Crippen LogP contribution >= 0.6 is 0 Å². The minimum atomic E-state index is -0.391. The average Bonchev–Trinajstić information content (AvgIpc) is 2.73. The number of hydrogen-bond donors (Lipinski definition) is 0. The van der Waals surface area contributed by atoms with E-state index in [0.717, 1.165) is 22.5 Å². The molecule has 0 radical (unpaired) electrons. The van der Waals surface area contributed by atoms with Gasteiger partial charge in [0.25, 0.3) is 0 Å². The van der Waals surface area contributed by atoms with Crippen LogP contribution in [0.25, 0.3) is 11.4 Å². The predicted octanol–water partition coefficient (Wildman–Crippen LogP) is 2.15. The van der Waals surface area contributed by atoms with E-state index in [2.05, 4.69) is 9.97 Å². The summed E-state index contributed by atoms with van der Waals surface area (Å²) < 4.78 is 5.15. The van der Waals surface area contributed by atoms with Gasteiger partial charge < -0.3 is 4.74 Å². The van der Waals surface area contributed by atoms with Crippen molar-refractivity contribution in [2.45, 2.75) is 12.8 Å². The topological polar surface area (TPSA) is 52.1 Å². The molecule has 0 spiro atoms. The molecule has 0 amide bonds. The minimum Gasteiger partial charge on any atom is -0.465 e. The molecule has 0 unspecified atom stereocenters. The summed E-state index contributed by atoms with van der Waals surface area (Å²) in [7, 11) is 0. The third-order valence-corrected chi connectivity index (χ3v) is 3.05. The van der Waals surface area contributed by atoms with Crippen molar-refractivity contribution in [3.8, 4) is 11.4 Å². The Morgan fingerprint density at radius 3 is 2.22 bits per heavy atom. The molecule has 1 aliphatic carbocycles. The fraction of sp³-hybridized carbons (Fsp3) is 0.214. The number of rotatable bonds is 2. The zero-order valence-corrected chi connectivity index (χ0v) is 9.96. The Kier molecular flexibility index (Phi) is 2.55. The fourth-order valence-corrected chi connectivity index (χ4v) is 2.34. The second kappa shape index (κ2) is 4.22. The van der Waals surface area contributed by atoms with Gasteiger partial charge in [-0.1, -0.05) is 12.1 Å². The Morgan fingerprint density at radius 2 is 1.72 bits per heavy atom. The third kappa shape index (κ3) is 1.49. The summed E-state index contributed by atoms with van der Waals surface area (Å²) in [6.45, 7) is 2.18. The summed E-state index contributed by atoms with van der Waals surface area (Å²) in [6.07, 6.45) is 3.43. The quantitative estimate of drug-likeness (QED) is 0.755. The molecular formula is C14H12N2O2. The molecule has 0 aliphatic heterocycles. The number of pyridine rings is 2. The lowest BCUT2D eigenvalue weighted by Gasteiger charge is -2.11.